The fourth-order valence-corrected chi connectivity index (χ4v) is 2.98. The Balaban J connectivity index is 2.03. The quantitative estimate of drug-likeness (QED) is 0.909. The molecule has 2 aromatic rings. The van der Waals surface area contributed by atoms with E-state index in [0.29, 0.717) is 18.4 Å². The van der Waals surface area contributed by atoms with E-state index in [2.05, 4.69) is 6.07 Å². The molecule has 0 heterocycles. The first-order valence-electron chi connectivity index (χ1n) is 6.76. The van der Waals surface area contributed by atoms with Crippen LogP contribution in [0.25, 0.3) is 0 Å². The molecule has 0 spiro atoms. The lowest BCUT2D eigenvalue weighted by atomic mass is 9.76. The van der Waals surface area contributed by atoms with Crippen molar-refractivity contribution in [1.29, 1.82) is 0 Å². The molecule has 0 bridgehead atoms. The van der Waals surface area contributed by atoms with Crippen LogP contribution in [-0.4, -0.2) is 12.2 Å². The van der Waals surface area contributed by atoms with Crippen molar-refractivity contribution in [2.45, 2.75) is 24.9 Å². The molecule has 0 aromatic heterocycles. The fourth-order valence-electron chi connectivity index (χ4n) is 2.98. The Morgan fingerprint density at radius 3 is 2.60 bits per heavy atom. The average Bonchev–Trinajstić information content (AvgIpc) is 2.47. The van der Waals surface area contributed by atoms with Crippen LogP contribution in [0.15, 0.2) is 42.5 Å². The molecule has 1 atom stereocenters. The number of rotatable bonds is 2. The molecule has 0 aliphatic heterocycles. The van der Waals surface area contributed by atoms with E-state index in [1.54, 1.807) is 18.2 Å². The van der Waals surface area contributed by atoms with E-state index >= 15 is 0 Å². The number of aryl methyl sites for hydroxylation is 1. The summed E-state index contributed by atoms with van der Waals surface area (Å²) in [5.41, 5.74) is 1.49. The van der Waals surface area contributed by atoms with Gasteiger partial charge in [0, 0.05) is 12.0 Å². The molecule has 104 valence electrons. The molecule has 3 heteroatoms. The van der Waals surface area contributed by atoms with Gasteiger partial charge in [-0.1, -0.05) is 36.4 Å². The number of methoxy groups -OCH3 is 1. The Kier molecular flexibility index (Phi) is 3.22. The number of hydrogen-bond donors (Lipinski definition) is 1. The zero-order valence-corrected chi connectivity index (χ0v) is 11.4. The second-order valence-electron chi connectivity index (χ2n) is 5.30. The van der Waals surface area contributed by atoms with Gasteiger partial charge in [0.1, 0.15) is 0 Å². The number of aliphatic hydroxyl groups is 1. The molecule has 2 nitrogen and oxygen atoms in total. The van der Waals surface area contributed by atoms with Gasteiger partial charge in [0.05, 0.1) is 12.7 Å². The Hall–Kier alpha value is -1.87. The summed E-state index contributed by atoms with van der Waals surface area (Å²) in [6.45, 7) is 0. The second-order valence-corrected chi connectivity index (χ2v) is 5.30. The van der Waals surface area contributed by atoms with Crippen molar-refractivity contribution in [2.24, 2.45) is 0 Å². The third-order valence-electron chi connectivity index (χ3n) is 4.09. The minimum absolute atomic E-state index is 0.176. The molecule has 2 aromatic carbocycles. The molecule has 3 rings (SSSR count). The SMILES string of the molecule is COc1cccc(C2(O)CCc3ccccc3C2)c1F. The molecule has 1 aliphatic rings. The first kappa shape index (κ1) is 13.1. The standard InChI is InChI=1S/C17H17FO2/c1-20-15-8-4-7-14(16(15)18)17(19)10-9-12-5-2-3-6-13(12)11-17/h2-8,19H,9-11H2,1H3. The van der Waals surface area contributed by atoms with Gasteiger partial charge in [-0.3, -0.25) is 0 Å². The Morgan fingerprint density at radius 2 is 1.85 bits per heavy atom. The van der Waals surface area contributed by atoms with Crippen LogP contribution in [0, 0.1) is 5.82 Å². The van der Waals surface area contributed by atoms with E-state index in [9.17, 15) is 9.50 Å². The Labute approximate surface area is 117 Å². The number of halogens is 1. The van der Waals surface area contributed by atoms with E-state index in [1.165, 1.54) is 12.7 Å². The maximum Gasteiger partial charge on any atom is 0.171 e. The summed E-state index contributed by atoms with van der Waals surface area (Å²) in [4.78, 5) is 0. The molecule has 1 N–H and O–H groups in total. The largest absolute Gasteiger partial charge is 0.494 e. The predicted octanol–water partition coefficient (Wildman–Crippen LogP) is 3.21. The monoisotopic (exact) mass is 272 g/mol. The van der Waals surface area contributed by atoms with Crippen molar-refractivity contribution in [2.75, 3.05) is 7.11 Å². The normalized spacial score (nSPS) is 21.4. The first-order valence-corrected chi connectivity index (χ1v) is 6.76. The molecule has 0 amide bonds. The molecule has 0 fully saturated rings. The van der Waals surface area contributed by atoms with E-state index in [-0.39, 0.29) is 5.75 Å². The fraction of sp³-hybridized carbons (Fsp3) is 0.294. The highest BCUT2D eigenvalue weighted by molar-refractivity contribution is 5.39. The van der Waals surface area contributed by atoms with Crippen molar-refractivity contribution in [1.82, 2.24) is 0 Å². The van der Waals surface area contributed by atoms with Crippen molar-refractivity contribution in [3.8, 4) is 5.75 Å². The first-order chi connectivity index (χ1) is 9.64. The van der Waals surface area contributed by atoms with Gasteiger partial charge in [0.25, 0.3) is 0 Å². The third kappa shape index (κ3) is 2.08. The van der Waals surface area contributed by atoms with Crippen molar-refractivity contribution in [3.05, 3.63) is 65.0 Å². The van der Waals surface area contributed by atoms with Gasteiger partial charge in [-0.2, -0.15) is 0 Å². The van der Waals surface area contributed by atoms with Crippen LogP contribution < -0.4 is 4.74 Å². The van der Waals surface area contributed by atoms with Gasteiger partial charge in [-0.15, -0.1) is 0 Å². The molecule has 1 unspecified atom stereocenters. The van der Waals surface area contributed by atoms with Crippen LogP contribution in [0.5, 0.6) is 5.75 Å². The van der Waals surface area contributed by atoms with E-state index in [4.69, 9.17) is 4.74 Å². The molecule has 0 radical (unpaired) electrons. The zero-order valence-electron chi connectivity index (χ0n) is 11.4. The number of ether oxygens (including phenoxy) is 1. The molecule has 20 heavy (non-hydrogen) atoms. The van der Waals surface area contributed by atoms with Gasteiger partial charge >= 0.3 is 0 Å². The smallest absolute Gasteiger partial charge is 0.171 e. The summed E-state index contributed by atoms with van der Waals surface area (Å²) in [6, 6.07) is 12.9. The maximum atomic E-state index is 14.4. The van der Waals surface area contributed by atoms with Gasteiger partial charge in [0.15, 0.2) is 11.6 Å². The number of fused-ring (bicyclic) bond motifs is 1. The number of hydrogen-bond acceptors (Lipinski definition) is 2. The molecule has 0 saturated heterocycles. The summed E-state index contributed by atoms with van der Waals surface area (Å²) >= 11 is 0. The van der Waals surface area contributed by atoms with Crippen molar-refractivity contribution < 1.29 is 14.2 Å². The number of benzene rings is 2. The van der Waals surface area contributed by atoms with E-state index in [1.807, 2.05) is 18.2 Å². The highest BCUT2D eigenvalue weighted by Crippen LogP contribution is 2.39. The van der Waals surface area contributed by atoms with Crippen LogP contribution in [0.1, 0.15) is 23.1 Å². The average molecular weight is 272 g/mol. The van der Waals surface area contributed by atoms with Crippen molar-refractivity contribution >= 4 is 0 Å². The summed E-state index contributed by atoms with van der Waals surface area (Å²) in [6.07, 6.45) is 1.71. The van der Waals surface area contributed by atoms with Crippen LogP contribution in [0.2, 0.25) is 0 Å². The van der Waals surface area contributed by atoms with E-state index in [0.717, 1.165) is 12.0 Å². The molecule has 1 aliphatic carbocycles. The predicted molar refractivity (Wildman–Crippen MR) is 75.3 cm³/mol. The molecule has 0 saturated carbocycles. The highest BCUT2D eigenvalue weighted by atomic mass is 19.1. The minimum Gasteiger partial charge on any atom is -0.494 e. The van der Waals surface area contributed by atoms with Crippen molar-refractivity contribution in [3.63, 3.8) is 0 Å². The lowest BCUT2D eigenvalue weighted by Crippen LogP contribution is -2.34. The lowest BCUT2D eigenvalue weighted by molar-refractivity contribution is 0.0184. The summed E-state index contributed by atoms with van der Waals surface area (Å²) in [5, 5.41) is 10.9. The lowest BCUT2D eigenvalue weighted by Gasteiger charge is -2.34. The molecular weight excluding hydrogens is 255 g/mol. The van der Waals surface area contributed by atoms with Crippen LogP contribution in [0.4, 0.5) is 4.39 Å². The summed E-state index contributed by atoms with van der Waals surface area (Å²) in [7, 11) is 1.43. The second kappa shape index (κ2) is 4.91. The van der Waals surface area contributed by atoms with Gasteiger partial charge < -0.3 is 9.84 Å². The van der Waals surface area contributed by atoms with Crippen LogP contribution in [-0.2, 0) is 18.4 Å². The van der Waals surface area contributed by atoms with Crippen LogP contribution in [0.3, 0.4) is 0 Å². The highest BCUT2D eigenvalue weighted by Gasteiger charge is 2.36. The summed E-state index contributed by atoms with van der Waals surface area (Å²) < 4.78 is 19.4. The van der Waals surface area contributed by atoms with Gasteiger partial charge in [-0.25, -0.2) is 4.39 Å². The minimum atomic E-state index is -1.16. The van der Waals surface area contributed by atoms with Crippen LogP contribution >= 0.6 is 0 Å². The molecular formula is C17H17FO2. The Bertz CT molecular complexity index is 639. The third-order valence-corrected chi connectivity index (χ3v) is 4.09. The maximum absolute atomic E-state index is 14.4. The van der Waals surface area contributed by atoms with Gasteiger partial charge in [-0.05, 0) is 30.0 Å². The van der Waals surface area contributed by atoms with Gasteiger partial charge in [0.2, 0.25) is 0 Å². The summed E-state index contributed by atoms with van der Waals surface area (Å²) in [5.74, 6) is -0.285. The van der Waals surface area contributed by atoms with E-state index < -0.39 is 11.4 Å². The Morgan fingerprint density at radius 1 is 1.10 bits per heavy atom. The topological polar surface area (TPSA) is 29.5 Å². The zero-order chi connectivity index (χ0) is 14.2.